The maximum absolute atomic E-state index is 11.7. The van der Waals surface area contributed by atoms with Gasteiger partial charge in [0.1, 0.15) is 0 Å². The lowest BCUT2D eigenvalue weighted by Gasteiger charge is -2.14. The second-order valence-electron chi connectivity index (χ2n) is 4.04. The molecular weight excluding hydrogens is 238 g/mol. The van der Waals surface area contributed by atoms with Gasteiger partial charge in [-0.25, -0.2) is 4.79 Å². The number of carbonyl (C=O) groups excluding carboxylic acids is 1. The van der Waals surface area contributed by atoms with E-state index >= 15 is 0 Å². The van der Waals surface area contributed by atoms with Crippen LogP contribution in [0, 0.1) is 13.8 Å². The molecule has 0 spiro atoms. The zero-order valence-corrected chi connectivity index (χ0v) is 10.4. The molecule has 0 bridgehead atoms. The van der Waals surface area contributed by atoms with Crippen molar-refractivity contribution in [1.29, 1.82) is 0 Å². The molecule has 7 heteroatoms. The van der Waals surface area contributed by atoms with Gasteiger partial charge in [-0.3, -0.25) is 4.79 Å². The zero-order chi connectivity index (χ0) is 13.7. The SMILES string of the molecule is Cc1nc(=O)[nH]c(C)c1CC(=O)NC(CO)CO. The van der Waals surface area contributed by atoms with Crippen LogP contribution >= 0.6 is 0 Å². The Morgan fingerprint density at radius 3 is 2.50 bits per heavy atom. The van der Waals surface area contributed by atoms with Gasteiger partial charge in [0.2, 0.25) is 5.91 Å². The first-order valence-corrected chi connectivity index (χ1v) is 5.55. The van der Waals surface area contributed by atoms with Crippen molar-refractivity contribution in [1.82, 2.24) is 15.3 Å². The average molecular weight is 255 g/mol. The second-order valence-corrected chi connectivity index (χ2v) is 4.04. The van der Waals surface area contributed by atoms with Crippen molar-refractivity contribution in [2.45, 2.75) is 26.3 Å². The van der Waals surface area contributed by atoms with Gasteiger partial charge in [-0.05, 0) is 13.8 Å². The highest BCUT2D eigenvalue weighted by atomic mass is 16.3. The summed E-state index contributed by atoms with van der Waals surface area (Å²) >= 11 is 0. The van der Waals surface area contributed by atoms with Gasteiger partial charge in [0, 0.05) is 17.0 Å². The van der Waals surface area contributed by atoms with Gasteiger partial charge in [-0.1, -0.05) is 0 Å². The van der Waals surface area contributed by atoms with E-state index in [-0.39, 0.29) is 25.5 Å². The molecule has 1 rings (SSSR count). The van der Waals surface area contributed by atoms with Gasteiger partial charge >= 0.3 is 5.69 Å². The summed E-state index contributed by atoms with van der Waals surface area (Å²) in [5.41, 5.74) is 1.28. The van der Waals surface area contributed by atoms with E-state index in [9.17, 15) is 9.59 Å². The fraction of sp³-hybridized carbons (Fsp3) is 0.545. The zero-order valence-electron chi connectivity index (χ0n) is 10.4. The van der Waals surface area contributed by atoms with Crippen molar-refractivity contribution in [3.8, 4) is 0 Å². The standard InChI is InChI=1S/C11H17N3O4/c1-6-9(7(2)13-11(18)12-6)3-10(17)14-8(4-15)5-16/h8,15-16H,3-5H2,1-2H3,(H,14,17)(H,12,13,18). The van der Waals surface area contributed by atoms with E-state index in [0.717, 1.165) is 0 Å². The van der Waals surface area contributed by atoms with Crippen LogP contribution in [0.1, 0.15) is 17.0 Å². The van der Waals surface area contributed by atoms with Crippen LogP contribution in [0.4, 0.5) is 0 Å². The minimum atomic E-state index is -0.672. The van der Waals surface area contributed by atoms with Crippen LogP contribution in [0.25, 0.3) is 0 Å². The summed E-state index contributed by atoms with van der Waals surface area (Å²) in [6.45, 7) is 2.68. The molecular formula is C11H17N3O4. The number of aliphatic hydroxyl groups excluding tert-OH is 2. The van der Waals surface area contributed by atoms with Gasteiger partial charge in [0.25, 0.3) is 0 Å². The lowest BCUT2D eigenvalue weighted by molar-refractivity contribution is -0.121. The lowest BCUT2D eigenvalue weighted by atomic mass is 10.1. The fourth-order valence-corrected chi connectivity index (χ4v) is 1.60. The van der Waals surface area contributed by atoms with Crippen molar-refractivity contribution in [2.75, 3.05) is 13.2 Å². The number of carbonyl (C=O) groups is 1. The van der Waals surface area contributed by atoms with Gasteiger partial charge in [-0.15, -0.1) is 0 Å². The molecule has 0 unspecified atom stereocenters. The van der Waals surface area contributed by atoms with E-state index < -0.39 is 11.7 Å². The molecule has 1 aromatic heterocycles. The number of aromatic amines is 1. The molecule has 7 nitrogen and oxygen atoms in total. The molecule has 0 aromatic carbocycles. The van der Waals surface area contributed by atoms with E-state index in [0.29, 0.717) is 17.0 Å². The van der Waals surface area contributed by atoms with E-state index in [2.05, 4.69) is 15.3 Å². The Morgan fingerprint density at radius 1 is 1.39 bits per heavy atom. The summed E-state index contributed by atoms with van der Waals surface area (Å²) < 4.78 is 0. The van der Waals surface area contributed by atoms with Crippen LogP contribution < -0.4 is 11.0 Å². The fourth-order valence-electron chi connectivity index (χ4n) is 1.60. The van der Waals surface area contributed by atoms with Crippen molar-refractivity contribution >= 4 is 5.91 Å². The van der Waals surface area contributed by atoms with Gasteiger partial charge < -0.3 is 20.5 Å². The summed E-state index contributed by atoms with van der Waals surface area (Å²) in [5.74, 6) is -0.344. The largest absolute Gasteiger partial charge is 0.394 e. The first-order chi connectivity index (χ1) is 8.47. The highest BCUT2D eigenvalue weighted by Crippen LogP contribution is 2.07. The normalized spacial score (nSPS) is 10.7. The molecule has 1 amide bonds. The van der Waals surface area contributed by atoms with Crippen LogP contribution in [-0.2, 0) is 11.2 Å². The Hall–Kier alpha value is -1.73. The van der Waals surface area contributed by atoms with Gasteiger partial charge in [-0.2, -0.15) is 4.98 Å². The van der Waals surface area contributed by atoms with Crippen LogP contribution in [0.5, 0.6) is 0 Å². The van der Waals surface area contributed by atoms with E-state index in [1.807, 2.05) is 0 Å². The smallest absolute Gasteiger partial charge is 0.345 e. The van der Waals surface area contributed by atoms with Crippen molar-refractivity contribution in [3.63, 3.8) is 0 Å². The van der Waals surface area contributed by atoms with E-state index in [1.54, 1.807) is 13.8 Å². The quantitative estimate of drug-likeness (QED) is 0.505. The number of aliphatic hydroxyl groups is 2. The van der Waals surface area contributed by atoms with Gasteiger partial charge in [0.15, 0.2) is 0 Å². The number of hydrogen-bond acceptors (Lipinski definition) is 5. The first-order valence-electron chi connectivity index (χ1n) is 5.55. The molecule has 0 saturated heterocycles. The van der Waals surface area contributed by atoms with Crippen LogP contribution in [-0.4, -0.2) is 45.3 Å². The van der Waals surface area contributed by atoms with Crippen molar-refractivity contribution < 1.29 is 15.0 Å². The number of aryl methyl sites for hydroxylation is 2. The average Bonchev–Trinajstić information content (AvgIpc) is 2.30. The Morgan fingerprint density at radius 2 is 2.00 bits per heavy atom. The molecule has 18 heavy (non-hydrogen) atoms. The predicted molar refractivity (Wildman–Crippen MR) is 64.1 cm³/mol. The monoisotopic (exact) mass is 255 g/mol. The van der Waals surface area contributed by atoms with Crippen LogP contribution in [0.3, 0.4) is 0 Å². The number of nitrogens with zero attached hydrogens (tertiary/aromatic N) is 1. The number of H-pyrrole nitrogens is 1. The Labute approximate surface area is 104 Å². The minimum Gasteiger partial charge on any atom is -0.394 e. The predicted octanol–water partition coefficient (Wildman–Crippen LogP) is -1.60. The third-order valence-corrected chi connectivity index (χ3v) is 2.60. The molecule has 100 valence electrons. The van der Waals surface area contributed by atoms with E-state index in [1.165, 1.54) is 0 Å². The highest BCUT2D eigenvalue weighted by Gasteiger charge is 2.14. The molecule has 0 saturated carbocycles. The topological polar surface area (TPSA) is 115 Å². The maximum atomic E-state index is 11.7. The van der Waals surface area contributed by atoms with E-state index in [4.69, 9.17) is 10.2 Å². The Balaban J connectivity index is 2.79. The molecule has 0 aliphatic carbocycles. The van der Waals surface area contributed by atoms with Crippen LogP contribution in [0.15, 0.2) is 4.79 Å². The molecule has 1 heterocycles. The summed E-state index contributed by atoms with van der Waals surface area (Å²) in [6, 6.07) is -0.672. The summed E-state index contributed by atoms with van der Waals surface area (Å²) in [5, 5.41) is 20.2. The molecule has 0 aliphatic rings. The lowest BCUT2D eigenvalue weighted by Crippen LogP contribution is -2.41. The first kappa shape index (κ1) is 14.3. The molecule has 4 N–H and O–H groups in total. The number of aromatic nitrogens is 2. The number of amides is 1. The molecule has 0 aliphatic heterocycles. The summed E-state index contributed by atoms with van der Waals surface area (Å²) in [6.07, 6.45) is 0.0396. The van der Waals surface area contributed by atoms with Crippen molar-refractivity contribution in [3.05, 3.63) is 27.4 Å². The summed E-state index contributed by atoms with van der Waals surface area (Å²) in [7, 11) is 0. The van der Waals surface area contributed by atoms with Gasteiger partial charge in [0.05, 0.1) is 25.7 Å². The highest BCUT2D eigenvalue weighted by molar-refractivity contribution is 5.79. The number of rotatable bonds is 5. The number of nitrogens with one attached hydrogen (secondary N) is 2. The third kappa shape index (κ3) is 3.64. The van der Waals surface area contributed by atoms with Crippen molar-refractivity contribution in [2.24, 2.45) is 0 Å². The maximum Gasteiger partial charge on any atom is 0.345 e. The molecule has 1 aromatic rings. The second kappa shape index (κ2) is 6.27. The van der Waals surface area contributed by atoms with Crippen LogP contribution in [0.2, 0.25) is 0 Å². The molecule has 0 fully saturated rings. The Kier molecular flexibility index (Phi) is 4.99. The minimum absolute atomic E-state index is 0.0396. The summed E-state index contributed by atoms with van der Waals surface area (Å²) in [4.78, 5) is 29.0. The third-order valence-electron chi connectivity index (χ3n) is 2.60. The molecule has 0 radical (unpaired) electrons. The Bertz CT molecular complexity index is 453. The molecule has 0 atom stereocenters. The number of hydrogen-bond donors (Lipinski definition) is 4.